The van der Waals surface area contributed by atoms with Crippen molar-refractivity contribution in [3.8, 4) is 0 Å². The maximum Gasteiger partial charge on any atom is 0.242 e. The Bertz CT molecular complexity index is 278. The number of likely N-dealkylation sites (tertiary alicyclic amines) is 1. The molecule has 1 aliphatic heterocycles. The third kappa shape index (κ3) is 2.80. The maximum atomic E-state index is 12.2. The summed E-state index contributed by atoms with van der Waals surface area (Å²) in [6.07, 6.45) is 5.12. The Morgan fingerprint density at radius 2 is 1.94 bits per heavy atom. The molecule has 2 rings (SSSR count). The molecule has 0 spiro atoms. The first-order chi connectivity index (χ1) is 8.01. The van der Waals surface area contributed by atoms with Gasteiger partial charge in [-0.2, -0.15) is 0 Å². The molecule has 0 unspecified atom stereocenters. The van der Waals surface area contributed by atoms with Gasteiger partial charge in [0.25, 0.3) is 0 Å². The zero-order chi connectivity index (χ0) is 12.5. The number of carbonyl (C=O) groups excluding carboxylic acids is 1. The van der Waals surface area contributed by atoms with E-state index in [2.05, 4.69) is 19.0 Å². The Hall–Kier alpha value is -0.610. The average molecular weight is 239 g/mol. The topological polar surface area (TPSA) is 49.6 Å². The van der Waals surface area contributed by atoms with E-state index in [1.807, 2.05) is 4.90 Å². The fraction of sp³-hybridized carbons (Fsp3) is 0.923. The quantitative estimate of drug-likeness (QED) is 0.787. The monoisotopic (exact) mass is 239 g/mol. The van der Waals surface area contributed by atoms with Gasteiger partial charge in [0.1, 0.15) is 0 Å². The molecule has 0 aromatic carbocycles. The first-order valence-corrected chi connectivity index (χ1v) is 6.74. The first kappa shape index (κ1) is 12.8. The Labute approximate surface area is 104 Å². The van der Waals surface area contributed by atoms with Crippen LogP contribution in [0.4, 0.5) is 0 Å². The third-order valence-corrected chi connectivity index (χ3v) is 4.20. The lowest BCUT2D eigenvalue weighted by Gasteiger charge is -2.42. The van der Waals surface area contributed by atoms with Crippen LogP contribution in [0.15, 0.2) is 0 Å². The van der Waals surface area contributed by atoms with Crippen LogP contribution in [0.3, 0.4) is 0 Å². The molecular formula is C13H25N3O. The predicted molar refractivity (Wildman–Crippen MR) is 68.6 cm³/mol. The summed E-state index contributed by atoms with van der Waals surface area (Å²) in [5.74, 6) is 0.941. The Morgan fingerprint density at radius 1 is 1.35 bits per heavy atom. The van der Waals surface area contributed by atoms with Crippen molar-refractivity contribution in [1.29, 1.82) is 0 Å². The minimum absolute atomic E-state index is 0.201. The third-order valence-electron chi connectivity index (χ3n) is 4.20. The van der Waals surface area contributed by atoms with Gasteiger partial charge in [-0.15, -0.1) is 0 Å². The summed E-state index contributed by atoms with van der Waals surface area (Å²) in [5.41, 5.74) is 5.59. The zero-order valence-electron chi connectivity index (χ0n) is 11.1. The van der Waals surface area contributed by atoms with Gasteiger partial charge in [-0.1, -0.05) is 0 Å². The van der Waals surface area contributed by atoms with Gasteiger partial charge in [0.15, 0.2) is 0 Å². The van der Waals surface area contributed by atoms with Crippen LogP contribution >= 0.6 is 0 Å². The number of nitrogens with two attached hydrogens (primary N) is 1. The van der Waals surface area contributed by atoms with E-state index in [4.69, 9.17) is 5.73 Å². The highest BCUT2D eigenvalue weighted by Gasteiger charge is 2.43. The standard InChI is InChI=1S/C13H25N3O/c1-15(2)10-11-4-8-16(9-5-11)12(17)13(14)6-3-7-13/h11H,3-10,14H2,1-2H3. The fourth-order valence-electron chi connectivity index (χ4n) is 2.92. The summed E-state index contributed by atoms with van der Waals surface area (Å²) < 4.78 is 0. The van der Waals surface area contributed by atoms with E-state index in [9.17, 15) is 4.79 Å². The average Bonchev–Trinajstić information content (AvgIpc) is 2.25. The summed E-state index contributed by atoms with van der Waals surface area (Å²) in [5, 5.41) is 0. The summed E-state index contributed by atoms with van der Waals surface area (Å²) in [4.78, 5) is 16.4. The van der Waals surface area contributed by atoms with Crippen LogP contribution in [0.25, 0.3) is 0 Å². The summed E-state index contributed by atoms with van der Waals surface area (Å²) in [7, 11) is 4.22. The van der Waals surface area contributed by atoms with Crippen LogP contribution in [0, 0.1) is 5.92 Å². The van der Waals surface area contributed by atoms with Crippen LogP contribution in [-0.4, -0.2) is 55.0 Å². The summed E-state index contributed by atoms with van der Waals surface area (Å²) >= 11 is 0. The van der Waals surface area contributed by atoms with Crippen LogP contribution < -0.4 is 5.73 Å². The molecular weight excluding hydrogens is 214 g/mol. The molecule has 0 aromatic rings. The predicted octanol–water partition coefficient (Wildman–Crippen LogP) is 0.668. The number of piperidine rings is 1. The lowest BCUT2D eigenvalue weighted by Crippen LogP contribution is -2.60. The van der Waals surface area contributed by atoms with Crippen molar-refractivity contribution >= 4 is 5.91 Å². The van der Waals surface area contributed by atoms with Gasteiger partial charge in [0.05, 0.1) is 5.54 Å². The molecule has 0 radical (unpaired) electrons. The molecule has 98 valence electrons. The molecule has 17 heavy (non-hydrogen) atoms. The van der Waals surface area contributed by atoms with E-state index >= 15 is 0 Å². The van der Waals surface area contributed by atoms with E-state index in [-0.39, 0.29) is 5.91 Å². The molecule has 1 saturated carbocycles. The van der Waals surface area contributed by atoms with Crippen molar-refractivity contribution in [2.24, 2.45) is 11.7 Å². The molecule has 4 nitrogen and oxygen atoms in total. The molecule has 1 saturated heterocycles. The molecule has 4 heteroatoms. The molecule has 0 bridgehead atoms. The van der Waals surface area contributed by atoms with Crippen molar-refractivity contribution in [1.82, 2.24) is 9.80 Å². The van der Waals surface area contributed by atoms with Crippen LogP contribution in [0.2, 0.25) is 0 Å². The van der Waals surface area contributed by atoms with Gasteiger partial charge in [0.2, 0.25) is 5.91 Å². The Kier molecular flexibility index (Phi) is 3.73. The maximum absolute atomic E-state index is 12.2. The number of nitrogens with zero attached hydrogens (tertiary/aromatic N) is 2. The normalized spacial score (nSPS) is 24.8. The number of hydrogen-bond donors (Lipinski definition) is 1. The molecule has 0 aromatic heterocycles. The second kappa shape index (κ2) is 4.94. The van der Waals surface area contributed by atoms with E-state index in [0.29, 0.717) is 0 Å². The number of hydrogen-bond acceptors (Lipinski definition) is 3. The van der Waals surface area contributed by atoms with Crippen LogP contribution in [0.5, 0.6) is 0 Å². The highest BCUT2D eigenvalue weighted by molar-refractivity contribution is 5.87. The molecule has 1 amide bonds. The molecule has 1 heterocycles. The Balaban J connectivity index is 1.80. The van der Waals surface area contributed by atoms with E-state index in [1.54, 1.807) is 0 Å². The first-order valence-electron chi connectivity index (χ1n) is 6.74. The van der Waals surface area contributed by atoms with Gasteiger partial charge < -0.3 is 15.5 Å². The van der Waals surface area contributed by atoms with Crippen LogP contribution in [0.1, 0.15) is 32.1 Å². The Morgan fingerprint density at radius 3 is 2.35 bits per heavy atom. The zero-order valence-corrected chi connectivity index (χ0v) is 11.1. The second-order valence-electron chi connectivity index (χ2n) is 6.01. The van der Waals surface area contributed by atoms with E-state index < -0.39 is 5.54 Å². The van der Waals surface area contributed by atoms with Crippen LogP contribution in [-0.2, 0) is 4.79 Å². The van der Waals surface area contributed by atoms with Crippen molar-refractivity contribution < 1.29 is 4.79 Å². The SMILES string of the molecule is CN(C)CC1CCN(C(=O)C2(N)CCC2)CC1. The van der Waals surface area contributed by atoms with E-state index in [0.717, 1.165) is 57.7 Å². The van der Waals surface area contributed by atoms with Gasteiger partial charge in [-0.25, -0.2) is 0 Å². The number of rotatable bonds is 3. The van der Waals surface area contributed by atoms with E-state index in [1.165, 1.54) is 0 Å². The second-order valence-corrected chi connectivity index (χ2v) is 6.01. The summed E-state index contributed by atoms with van der Waals surface area (Å²) in [6, 6.07) is 0. The smallest absolute Gasteiger partial charge is 0.242 e. The minimum atomic E-state index is -0.506. The molecule has 2 fully saturated rings. The number of amides is 1. The van der Waals surface area contributed by atoms with Gasteiger partial charge in [-0.3, -0.25) is 4.79 Å². The van der Waals surface area contributed by atoms with Gasteiger partial charge >= 0.3 is 0 Å². The lowest BCUT2D eigenvalue weighted by molar-refractivity contribution is -0.141. The highest BCUT2D eigenvalue weighted by atomic mass is 16.2. The highest BCUT2D eigenvalue weighted by Crippen LogP contribution is 2.32. The van der Waals surface area contributed by atoms with Crippen molar-refractivity contribution in [3.05, 3.63) is 0 Å². The molecule has 0 atom stereocenters. The van der Waals surface area contributed by atoms with Gasteiger partial charge in [0, 0.05) is 19.6 Å². The summed E-state index contributed by atoms with van der Waals surface area (Å²) in [6.45, 7) is 2.93. The molecule has 1 aliphatic carbocycles. The van der Waals surface area contributed by atoms with Gasteiger partial charge in [-0.05, 0) is 52.1 Å². The fourth-order valence-corrected chi connectivity index (χ4v) is 2.92. The largest absolute Gasteiger partial charge is 0.341 e. The van der Waals surface area contributed by atoms with Crippen molar-refractivity contribution in [3.63, 3.8) is 0 Å². The molecule has 2 aliphatic rings. The molecule has 2 N–H and O–H groups in total. The van der Waals surface area contributed by atoms with Crippen molar-refractivity contribution in [2.75, 3.05) is 33.7 Å². The number of carbonyl (C=O) groups is 1. The lowest BCUT2D eigenvalue weighted by atomic mass is 9.76. The minimum Gasteiger partial charge on any atom is -0.341 e. The van der Waals surface area contributed by atoms with Crippen molar-refractivity contribution in [2.45, 2.75) is 37.6 Å².